The Morgan fingerprint density at radius 2 is 1.87 bits per heavy atom. The Bertz CT molecular complexity index is 1270. The van der Waals surface area contributed by atoms with Crippen LogP contribution in [0, 0.1) is 5.92 Å². The minimum absolute atomic E-state index is 0.112. The average molecular weight is 532 g/mol. The molecule has 1 saturated carbocycles. The van der Waals surface area contributed by atoms with Gasteiger partial charge in [0.1, 0.15) is 6.54 Å². The monoisotopic (exact) mass is 531 g/mol. The maximum absolute atomic E-state index is 13.2. The van der Waals surface area contributed by atoms with Gasteiger partial charge in [-0.05, 0) is 74.2 Å². The third-order valence-corrected chi connectivity index (χ3v) is 9.34. The van der Waals surface area contributed by atoms with Crippen LogP contribution in [0.5, 0.6) is 0 Å². The van der Waals surface area contributed by atoms with E-state index >= 15 is 0 Å². The van der Waals surface area contributed by atoms with E-state index in [2.05, 4.69) is 10.00 Å². The first-order chi connectivity index (χ1) is 18.0. The molecular formula is C27H32F3N5O3. The molecule has 38 heavy (non-hydrogen) atoms. The van der Waals surface area contributed by atoms with Crippen molar-refractivity contribution in [3.8, 4) is 0 Å². The zero-order chi connectivity index (χ0) is 26.9. The summed E-state index contributed by atoms with van der Waals surface area (Å²) in [6.07, 6.45) is 1.63. The number of primary amides is 1. The van der Waals surface area contributed by atoms with E-state index in [-0.39, 0.29) is 18.5 Å². The Morgan fingerprint density at radius 3 is 2.55 bits per heavy atom. The summed E-state index contributed by atoms with van der Waals surface area (Å²) in [4.78, 5) is 29.3. The number of halogens is 3. The van der Waals surface area contributed by atoms with E-state index in [4.69, 9.17) is 5.73 Å². The van der Waals surface area contributed by atoms with Gasteiger partial charge < -0.3 is 15.7 Å². The van der Waals surface area contributed by atoms with E-state index < -0.39 is 28.7 Å². The number of hydrogen-bond acceptors (Lipinski definition) is 5. The van der Waals surface area contributed by atoms with Crippen molar-refractivity contribution in [3.63, 3.8) is 0 Å². The summed E-state index contributed by atoms with van der Waals surface area (Å²) in [7, 11) is 0. The molecular weight excluding hydrogens is 499 g/mol. The number of nitrogens with two attached hydrogens (primary N) is 1. The maximum atomic E-state index is 13.2. The molecule has 3 heterocycles. The van der Waals surface area contributed by atoms with E-state index in [0.717, 1.165) is 41.3 Å². The van der Waals surface area contributed by atoms with Crippen LogP contribution in [0.4, 0.5) is 13.2 Å². The molecule has 0 radical (unpaired) electrons. The number of rotatable bonds is 5. The van der Waals surface area contributed by atoms with Crippen LogP contribution in [0.25, 0.3) is 0 Å². The number of aliphatic hydroxyl groups is 1. The lowest BCUT2D eigenvalue weighted by atomic mass is 9.52. The van der Waals surface area contributed by atoms with Gasteiger partial charge in [-0.25, -0.2) is 0 Å². The van der Waals surface area contributed by atoms with Gasteiger partial charge in [-0.2, -0.15) is 18.3 Å². The largest absolute Gasteiger partial charge is 0.419 e. The first-order valence-electron chi connectivity index (χ1n) is 13.3. The second kappa shape index (κ2) is 8.81. The van der Waals surface area contributed by atoms with Crippen molar-refractivity contribution in [1.82, 2.24) is 19.6 Å². The van der Waals surface area contributed by atoms with Gasteiger partial charge in [0.15, 0.2) is 0 Å². The number of fused-ring (bicyclic) bond motifs is 1. The minimum atomic E-state index is -4.52. The number of hydrogen-bond donors (Lipinski definition) is 2. The molecule has 3 atom stereocenters. The number of piperidine rings is 1. The topological polar surface area (TPSA) is 105 Å². The van der Waals surface area contributed by atoms with Crippen LogP contribution in [0.1, 0.15) is 59.2 Å². The molecule has 2 aliphatic heterocycles. The molecule has 2 saturated heterocycles. The summed E-state index contributed by atoms with van der Waals surface area (Å²) < 4.78 is 40.0. The van der Waals surface area contributed by atoms with Crippen LogP contribution < -0.4 is 5.73 Å². The Morgan fingerprint density at radius 1 is 1.13 bits per heavy atom. The van der Waals surface area contributed by atoms with Crippen molar-refractivity contribution in [3.05, 3.63) is 52.8 Å². The van der Waals surface area contributed by atoms with Crippen molar-refractivity contribution in [2.45, 2.75) is 68.3 Å². The second-order valence-corrected chi connectivity index (χ2v) is 11.5. The van der Waals surface area contributed by atoms with Crippen molar-refractivity contribution in [1.29, 1.82) is 0 Å². The van der Waals surface area contributed by atoms with Gasteiger partial charge in [0.2, 0.25) is 11.8 Å². The highest BCUT2D eigenvalue weighted by Gasteiger charge is 2.63. The molecule has 3 N–H and O–H groups in total. The number of likely N-dealkylation sites (tertiary alicyclic amines) is 2. The fourth-order valence-corrected chi connectivity index (χ4v) is 7.12. The fraction of sp³-hybridized carbons (Fsp3) is 0.593. The van der Waals surface area contributed by atoms with Gasteiger partial charge in [0.25, 0.3) is 0 Å². The molecule has 1 aromatic carbocycles. The molecule has 1 aromatic heterocycles. The maximum Gasteiger partial charge on any atom is 0.419 e. The summed E-state index contributed by atoms with van der Waals surface area (Å²) in [5, 5.41) is 16.3. The molecule has 0 spiro atoms. The predicted molar refractivity (Wildman–Crippen MR) is 131 cm³/mol. The highest BCUT2D eigenvalue weighted by molar-refractivity contribution is 5.93. The number of amides is 2. The Kier molecular flexibility index (Phi) is 5.88. The number of carbonyl (C=O) groups is 2. The van der Waals surface area contributed by atoms with Crippen LogP contribution in [-0.4, -0.2) is 74.3 Å². The molecule has 2 amide bonds. The lowest BCUT2D eigenvalue weighted by molar-refractivity contribution is -0.149. The molecule has 11 heteroatoms. The third kappa shape index (κ3) is 4.10. The SMILES string of the molecule is NC(=O)c1ccc2c(c1)[C@@]13CCN(C(=O)Cn4cc(C(F)(F)F)cn4)CC[C@@]1(O)[C@@H](C2)N(CC1CC1)CC3. The fourth-order valence-electron chi connectivity index (χ4n) is 7.12. The van der Waals surface area contributed by atoms with Crippen molar-refractivity contribution < 1.29 is 27.9 Å². The summed E-state index contributed by atoms with van der Waals surface area (Å²) in [5.41, 5.74) is 5.38. The predicted octanol–water partition coefficient (Wildman–Crippen LogP) is 2.33. The number of aromatic nitrogens is 2. The van der Waals surface area contributed by atoms with Gasteiger partial charge >= 0.3 is 6.18 Å². The van der Waals surface area contributed by atoms with Gasteiger partial charge in [-0.3, -0.25) is 19.2 Å². The van der Waals surface area contributed by atoms with Crippen LogP contribution in [-0.2, 0) is 29.4 Å². The van der Waals surface area contributed by atoms with Gasteiger partial charge in [-0.1, -0.05) is 6.07 Å². The first kappa shape index (κ1) is 25.4. The number of nitrogens with zero attached hydrogens (tertiary/aromatic N) is 4. The summed E-state index contributed by atoms with van der Waals surface area (Å²) >= 11 is 0. The van der Waals surface area contributed by atoms with Crippen LogP contribution in [0.3, 0.4) is 0 Å². The molecule has 3 fully saturated rings. The van der Waals surface area contributed by atoms with Crippen LogP contribution in [0.15, 0.2) is 30.6 Å². The molecule has 6 rings (SSSR count). The first-order valence-corrected chi connectivity index (χ1v) is 13.3. The normalized spacial score (nSPS) is 29.4. The molecule has 2 aromatic rings. The minimum Gasteiger partial charge on any atom is -0.387 e. The van der Waals surface area contributed by atoms with E-state index in [1.807, 2.05) is 12.1 Å². The molecule has 8 nitrogen and oxygen atoms in total. The Balaban J connectivity index is 1.31. The van der Waals surface area contributed by atoms with Gasteiger partial charge in [0.05, 0.1) is 17.4 Å². The van der Waals surface area contributed by atoms with E-state index in [1.165, 1.54) is 12.8 Å². The van der Waals surface area contributed by atoms with E-state index in [1.54, 1.807) is 11.0 Å². The Labute approximate surface area is 218 Å². The molecule has 2 aliphatic carbocycles. The zero-order valence-corrected chi connectivity index (χ0v) is 21.1. The Hall–Kier alpha value is -2.92. The standard InChI is InChI=1S/C27H32F3N5O3/c28-27(29,30)20-13-32-35(15-20)16-23(36)33-8-5-25-6-9-34(14-17-1-2-17)22(26(25,38)7-10-33)12-18-3-4-19(24(31)37)11-21(18)25/h3-4,11,13,15,17,22,38H,1-2,5-10,12,14,16H2,(H2,31,37)/t22-,25+,26-/m1/s1. The lowest BCUT2D eigenvalue weighted by Gasteiger charge is -2.61. The smallest absolute Gasteiger partial charge is 0.387 e. The van der Waals surface area contributed by atoms with Crippen molar-refractivity contribution >= 4 is 11.8 Å². The molecule has 4 aliphatic rings. The highest BCUT2D eigenvalue weighted by atomic mass is 19.4. The van der Waals surface area contributed by atoms with Crippen LogP contribution in [0.2, 0.25) is 0 Å². The third-order valence-electron chi connectivity index (χ3n) is 9.34. The van der Waals surface area contributed by atoms with E-state index in [0.29, 0.717) is 50.3 Å². The number of alkyl halides is 3. The summed E-state index contributed by atoms with van der Waals surface area (Å²) in [5.74, 6) is -0.205. The van der Waals surface area contributed by atoms with Crippen molar-refractivity contribution in [2.75, 3.05) is 26.2 Å². The van der Waals surface area contributed by atoms with Crippen LogP contribution >= 0.6 is 0 Å². The van der Waals surface area contributed by atoms with Gasteiger partial charge in [0, 0.05) is 42.9 Å². The van der Waals surface area contributed by atoms with Crippen molar-refractivity contribution in [2.24, 2.45) is 11.7 Å². The number of benzene rings is 1. The highest BCUT2D eigenvalue weighted by Crippen LogP contribution is 2.56. The molecule has 2 bridgehead atoms. The molecule has 204 valence electrons. The number of carbonyl (C=O) groups excluding carboxylic acids is 2. The van der Waals surface area contributed by atoms with E-state index in [9.17, 15) is 27.9 Å². The summed E-state index contributed by atoms with van der Waals surface area (Å²) in [6.45, 7) is 2.11. The molecule has 0 unspecified atom stereocenters. The average Bonchev–Trinajstić information content (AvgIpc) is 3.58. The summed E-state index contributed by atoms with van der Waals surface area (Å²) in [6, 6.07) is 5.41. The zero-order valence-electron chi connectivity index (χ0n) is 21.1. The van der Waals surface area contributed by atoms with Gasteiger partial charge in [-0.15, -0.1) is 0 Å². The second-order valence-electron chi connectivity index (χ2n) is 11.5. The lowest BCUT2D eigenvalue weighted by Crippen LogP contribution is -2.71. The quantitative estimate of drug-likeness (QED) is 0.617.